The van der Waals surface area contributed by atoms with Crippen molar-refractivity contribution in [2.45, 2.75) is 12.5 Å². The highest BCUT2D eigenvalue weighted by molar-refractivity contribution is 5.76. The van der Waals surface area contributed by atoms with Gasteiger partial charge in [0.15, 0.2) is 0 Å². The van der Waals surface area contributed by atoms with Crippen molar-refractivity contribution in [1.82, 2.24) is 9.80 Å². The fraction of sp³-hybridized carbons (Fsp3) is 0.889. The summed E-state index contributed by atoms with van der Waals surface area (Å²) in [5.74, 6) is 0.135. The molecule has 0 aliphatic carbocycles. The zero-order valence-electron chi connectivity index (χ0n) is 8.78. The standard InChI is InChI=1S/C9H20N4O/c1-12-4-5-13(8(6-11)7-12)9(14)2-3-10/h8H,2-7,10-11H2,1H3/t8-/m0/s1. The number of likely N-dealkylation sites (N-methyl/N-ethyl adjacent to an activating group) is 1. The Kier molecular flexibility index (Phi) is 4.31. The van der Waals surface area contributed by atoms with Gasteiger partial charge in [-0.1, -0.05) is 0 Å². The topological polar surface area (TPSA) is 75.6 Å². The van der Waals surface area contributed by atoms with Crippen molar-refractivity contribution in [1.29, 1.82) is 0 Å². The summed E-state index contributed by atoms with van der Waals surface area (Å²) in [4.78, 5) is 15.7. The number of piperazine rings is 1. The quantitative estimate of drug-likeness (QED) is 0.577. The maximum atomic E-state index is 11.6. The first kappa shape index (κ1) is 11.4. The van der Waals surface area contributed by atoms with E-state index in [1.54, 1.807) is 0 Å². The molecule has 82 valence electrons. The Morgan fingerprint density at radius 2 is 2.14 bits per heavy atom. The van der Waals surface area contributed by atoms with Gasteiger partial charge < -0.3 is 21.3 Å². The number of nitrogens with zero attached hydrogens (tertiary/aromatic N) is 2. The molecule has 5 nitrogen and oxygen atoms in total. The van der Waals surface area contributed by atoms with E-state index in [9.17, 15) is 4.79 Å². The Balaban J connectivity index is 2.53. The molecule has 1 rings (SSSR count). The molecular weight excluding hydrogens is 180 g/mol. The summed E-state index contributed by atoms with van der Waals surface area (Å²) < 4.78 is 0. The monoisotopic (exact) mass is 200 g/mol. The lowest BCUT2D eigenvalue weighted by Crippen LogP contribution is -2.56. The first-order chi connectivity index (χ1) is 6.69. The average molecular weight is 200 g/mol. The first-order valence-electron chi connectivity index (χ1n) is 5.07. The minimum atomic E-state index is 0.135. The van der Waals surface area contributed by atoms with Crippen molar-refractivity contribution >= 4 is 5.91 Å². The second kappa shape index (κ2) is 5.29. The molecule has 0 unspecified atom stereocenters. The zero-order chi connectivity index (χ0) is 10.6. The molecule has 5 heteroatoms. The fourth-order valence-corrected chi connectivity index (χ4v) is 1.81. The molecule has 1 fully saturated rings. The van der Waals surface area contributed by atoms with E-state index in [0.717, 1.165) is 19.6 Å². The van der Waals surface area contributed by atoms with E-state index in [0.29, 0.717) is 19.5 Å². The molecule has 0 spiro atoms. The van der Waals surface area contributed by atoms with Crippen molar-refractivity contribution in [2.24, 2.45) is 11.5 Å². The van der Waals surface area contributed by atoms with Crippen LogP contribution in [0.15, 0.2) is 0 Å². The predicted molar refractivity (Wildman–Crippen MR) is 55.7 cm³/mol. The number of hydrogen-bond donors (Lipinski definition) is 2. The molecule has 1 amide bonds. The van der Waals surface area contributed by atoms with E-state index in [1.165, 1.54) is 0 Å². The summed E-state index contributed by atoms with van der Waals surface area (Å²) in [6.07, 6.45) is 0.431. The smallest absolute Gasteiger partial charge is 0.224 e. The highest BCUT2D eigenvalue weighted by atomic mass is 16.2. The van der Waals surface area contributed by atoms with Crippen LogP contribution >= 0.6 is 0 Å². The summed E-state index contributed by atoms with van der Waals surface area (Å²) in [6, 6.07) is 0.160. The molecule has 0 saturated carbocycles. The minimum absolute atomic E-state index is 0.135. The summed E-state index contributed by atoms with van der Waals surface area (Å²) in [5.41, 5.74) is 11.0. The molecule has 1 aliphatic heterocycles. The zero-order valence-corrected chi connectivity index (χ0v) is 8.78. The molecule has 0 aromatic heterocycles. The van der Waals surface area contributed by atoms with Crippen molar-refractivity contribution in [2.75, 3.05) is 39.8 Å². The van der Waals surface area contributed by atoms with Gasteiger partial charge in [0.25, 0.3) is 0 Å². The van der Waals surface area contributed by atoms with E-state index in [1.807, 2.05) is 11.9 Å². The molecule has 1 atom stereocenters. The van der Waals surface area contributed by atoms with Gasteiger partial charge in [-0.25, -0.2) is 0 Å². The Bertz CT molecular complexity index is 197. The van der Waals surface area contributed by atoms with Gasteiger partial charge in [-0.15, -0.1) is 0 Å². The molecule has 0 radical (unpaired) electrons. The molecular formula is C9H20N4O. The SMILES string of the molecule is CN1CCN(C(=O)CCN)[C@@H](CN)C1. The summed E-state index contributed by atoms with van der Waals surface area (Å²) in [5, 5.41) is 0. The maximum absolute atomic E-state index is 11.6. The number of amides is 1. The summed E-state index contributed by atoms with van der Waals surface area (Å²) in [6.45, 7) is 3.51. The van der Waals surface area contributed by atoms with Crippen molar-refractivity contribution < 1.29 is 4.79 Å². The van der Waals surface area contributed by atoms with Crippen molar-refractivity contribution in [3.63, 3.8) is 0 Å². The van der Waals surface area contributed by atoms with Crippen LogP contribution in [0.5, 0.6) is 0 Å². The summed E-state index contributed by atoms with van der Waals surface area (Å²) in [7, 11) is 2.05. The van der Waals surface area contributed by atoms with Crippen LogP contribution in [-0.4, -0.2) is 61.5 Å². The third-order valence-electron chi connectivity index (χ3n) is 2.64. The number of carbonyl (C=O) groups is 1. The largest absolute Gasteiger partial charge is 0.336 e. The summed E-state index contributed by atoms with van der Waals surface area (Å²) >= 11 is 0. The number of hydrogen-bond acceptors (Lipinski definition) is 4. The van der Waals surface area contributed by atoms with E-state index < -0.39 is 0 Å². The van der Waals surface area contributed by atoms with Crippen LogP contribution in [0.4, 0.5) is 0 Å². The lowest BCUT2D eigenvalue weighted by atomic mass is 10.1. The molecule has 1 heterocycles. The lowest BCUT2D eigenvalue weighted by molar-refractivity contribution is -0.135. The number of carbonyl (C=O) groups excluding carboxylic acids is 1. The van der Waals surface area contributed by atoms with E-state index in [2.05, 4.69) is 4.90 Å². The maximum Gasteiger partial charge on any atom is 0.224 e. The molecule has 0 aromatic rings. The second-order valence-corrected chi connectivity index (χ2v) is 3.78. The second-order valence-electron chi connectivity index (χ2n) is 3.78. The van der Waals surface area contributed by atoms with Crippen LogP contribution in [0.3, 0.4) is 0 Å². The van der Waals surface area contributed by atoms with Gasteiger partial charge in [-0.2, -0.15) is 0 Å². The highest BCUT2D eigenvalue weighted by Gasteiger charge is 2.27. The molecule has 14 heavy (non-hydrogen) atoms. The molecule has 1 saturated heterocycles. The average Bonchev–Trinajstić information content (AvgIpc) is 2.17. The predicted octanol–water partition coefficient (Wildman–Crippen LogP) is -1.56. The van der Waals surface area contributed by atoms with Gasteiger partial charge in [0.05, 0.1) is 6.04 Å². The van der Waals surface area contributed by atoms with Crippen LogP contribution in [0.2, 0.25) is 0 Å². The highest BCUT2D eigenvalue weighted by Crippen LogP contribution is 2.08. The van der Waals surface area contributed by atoms with E-state index in [4.69, 9.17) is 11.5 Å². The van der Waals surface area contributed by atoms with Gasteiger partial charge in [0.1, 0.15) is 0 Å². The van der Waals surface area contributed by atoms with Gasteiger partial charge in [-0.05, 0) is 7.05 Å². The minimum Gasteiger partial charge on any atom is -0.336 e. The fourth-order valence-electron chi connectivity index (χ4n) is 1.81. The Morgan fingerprint density at radius 3 is 2.71 bits per heavy atom. The van der Waals surface area contributed by atoms with Gasteiger partial charge in [0.2, 0.25) is 5.91 Å². The van der Waals surface area contributed by atoms with Crippen LogP contribution in [-0.2, 0) is 4.79 Å². The van der Waals surface area contributed by atoms with E-state index >= 15 is 0 Å². The van der Waals surface area contributed by atoms with Gasteiger partial charge in [-0.3, -0.25) is 4.79 Å². The van der Waals surface area contributed by atoms with E-state index in [-0.39, 0.29) is 11.9 Å². The van der Waals surface area contributed by atoms with Crippen molar-refractivity contribution in [3.8, 4) is 0 Å². The van der Waals surface area contributed by atoms with Crippen molar-refractivity contribution in [3.05, 3.63) is 0 Å². The van der Waals surface area contributed by atoms with Crippen LogP contribution in [0.1, 0.15) is 6.42 Å². The first-order valence-corrected chi connectivity index (χ1v) is 5.07. The number of rotatable bonds is 3. The van der Waals surface area contributed by atoms with Gasteiger partial charge in [0, 0.05) is 39.1 Å². The molecule has 4 N–H and O–H groups in total. The third-order valence-corrected chi connectivity index (χ3v) is 2.64. The molecule has 0 aromatic carbocycles. The Labute approximate surface area is 85.0 Å². The normalized spacial score (nSPS) is 23.9. The van der Waals surface area contributed by atoms with Gasteiger partial charge >= 0.3 is 0 Å². The third kappa shape index (κ3) is 2.67. The molecule has 0 bridgehead atoms. The number of nitrogens with two attached hydrogens (primary N) is 2. The lowest BCUT2D eigenvalue weighted by Gasteiger charge is -2.39. The van der Waals surface area contributed by atoms with Crippen LogP contribution in [0, 0.1) is 0 Å². The Morgan fingerprint density at radius 1 is 1.43 bits per heavy atom. The van der Waals surface area contributed by atoms with Crippen LogP contribution < -0.4 is 11.5 Å². The van der Waals surface area contributed by atoms with Crippen LogP contribution in [0.25, 0.3) is 0 Å². The molecule has 1 aliphatic rings. The Hall–Kier alpha value is -0.650.